The Morgan fingerprint density at radius 2 is 1.86 bits per heavy atom. The van der Waals surface area contributed by atoms with Gasteiger partial charge in [-0.15, -0.1) is 11.3 Å². The molecule has 0 amide bonds. The van der Waals surface area contributed by atoms with Crippen LogP contribution in [0.15, 0.2) is 47.9 Å². The highest BCUT2D eigenvalue weighted by atomic mass is 32.1. The monoisotopic (exact) mass is 397 g/mol. The van der Waals surface area contributed by atoms with Crippen molar-refractivity contribution in [1.82, 2.24) is 0 Å². The Morgan fingerprint density at radius 1 is 1.14 bits per heavy atom. The lowest BCUT2D eigenvalue weighted by Gasteiger charge is -2.29. The number of nitrogens with zero attached hydrogens (tertiary/aromatic N) is 1. The number of ketones is 1. The summed E-state index contributed by atoms with van der Waals surface area (Å²) >= 11 is 1.62. The van der Waals surface area contributed by atoms with Gasteiger partial charge in [-0.1, -0.05) is 18.2 Å². The minimum absolute atomic E-state index is 0.161. The van der Waals surface area contributed by atoms with Crippen LogP contribution in [0, 0.1) is 5.92 Å². The van der Waals surface area contributed by atoms with Crippen LogP contribution >= 0.6 is 11.3 Å². The topological polar surface area (TPSA) is 46.6 Å². The van der Waals surface area contributed by atoms with Crippen LogP contribution in [-0.2, 0) is 14.3 Å². The van der Waals surface area contributed by atoms with Gasteiger partial charge in [-0.25, -0.2) is 0 Å². The molecule has 0 saturated heterocycles. The van der Waals surface area contributed by atoms with E-state index in [0.29, 0.717) is 6.42 Å². The van der Waals surface area contributed by atoms with Gasteiger partial charge in [0, 0.05) is 29.6 Å². The third kappa shape index (κ3) is 4.20. The first-order valence-electron chi connectivity index (χ1n) is 9.88. The predicted molar refractivity (Wildman–Crippen MR) is 115 cm³/mol. The van der Waals surface area contributed by atoms with Crippen LogP contribution in [0.4, 0.5) is 5.69 Å². The molecule has 0 spiro atoms. The molecule has 1 aliphatic rings. The first-order valence-corrected chi connectivity index (χ1v) is 10.8. The van der Waals surface area contributed by atoms with Crippen molar-refractivity contribution in [3.63, 3.8) is 0 Å². The van der Waals surface area contributed by atoms with E-state index < -0.39 is 11.9 Å². The Kier molecular flexibility index (Phi) is 6.68. The molecule has 2 aromatic rings. The molecular weight excluding hydrogens is 370 g/mol. The normalized spacial score (nSPS) is 19.2. The van der Waals surface area contributed by atoms with E-state index in [4.69, 9.17) is 4.74 Å². The number of carbonyl (C=O) groups is 2. The highest BCUT2D eigenvalue weighted by molar-refractivity contribution is 7.11. The Bertz CT molecular complexity index is 835. The second kappa shape index (κ2) is 9.20. The van der Waals surface area contributed by atoms with E-state index in [0.717, 1.165) is 34.8 Å². The van der Waals surface area contributed by atoms with Gasteiger partial charge in [0.05, 0.1) is 6.61 Å². The number of esters is 1. The summed E-state index contributed by atoms with van der Waals surface area (Å²) < 4.78 is 5.23. The van der Waals surface area contributed by atoms with Gasteiger partial charge in [0.2, 0.25) is 0 Å². The molecule has 148 valence electrons. The summed E-state index contributed by atoms with van der Waals surface area (Å²) in [4.78, 5) is 28.8. The van der Waals surface area contributed by atoms with Crippen molar-refractivity contribution >= 4 is 34.3 Å². The van der Waals surface area contributed by atoms with Crippen molar-refractivity contribution in [3.8, 4) is 0 Å². The molecule has 28 heavy (non-hydrogen) atoms. The summed E-state index contributed by atoms with van der Waals surface area (Å²) in [6, 6.07) is 12.3. The number of thiophene rings is 1. The summed E-state index contributed by atoms with van der Waals surface area (Å²) in [6.07, 6.45) is 2.29. The standard InChI is InChI=1S/C23H27NO3S/c1-4-24(5-2)18-11-9-16(10-12-18)19-14-17(21-8-7-13-28-21)15-20(25)22(19)23(26)27-6-3/h7-13,15,19,22H,4-6,14H2,1-3H3. The molecule has 3 rings (SSSR count). The lowest BCUT2D eigenvalue weighted by atomic mass is 9.74. The Balaban J connectivity index is 1.95. The molecule has 0 N–H and O–H groups in total. The number of hydrogen-bond donors (Lipinski definition) is 0. The number of rotatable bonds is 7. The Morgan fingerprint density at radius 3 is 2.43 bits per heavy atom. The van der Waals surface area contributed by atoms with Crippen LogP contribution in [0.25, 0.3) is 5.57 Å². The molecule has 0 aliphatic heterocycles. The first-order chi connectivity index (χ1) is 13.6. The van der Waals surface area contributed by atoms with Gasteiger partial charge in [-0.3, -0.25) is 9.59 Å². The SMILES string of the molecule is CCOC(=O)C1C(=O)C=C(c2cccs2)CC1c1ccc(N(CC)CC)cc1. The van der Waals surface area contributed by atoms with E-state index in [1.807, 2.05) is 17.5 Å². The second-order valence-corrected chi connectivity index (χ2v) is 7.80. The average Bonchev–Trinajstić information content (AvgIpc) is 3.24. The summed E-state index contributed by atoms with van der Waals surface area (Å²) in [5.41, 5.74) is 3.15. The van der Waals surface area contributed by atoms with Crippen molar-refractivity contribution in [2.45, 2.75) is 33.1 Å². The van der Waals surface area contributed by atoms with Crippen LogP contribution in [0.2, 0.25) is 0 Å². The van der Waals surface area contributed by atoms with Gasteiger partial charge in [0.1, 0.15) is 5.92 Å². The molecule has 1 aromatic carbocycles. The molecule has 1 aliphatic carbocycles. The van der Waals surface area contributed by atoms with Crippen LogP contribution in [0.1, 0.15) is 43.6 Å². The zero-order chi connectivity index (χ0) is 20.1. The average molecular weight is 398 g/mol. The molecular formula is C23H27NO3S. The van der Waals surface area contributed by atoms with E-state index >= 15 is 0 Å². The van der Waals surface area contributed by atoms with Crippen molar-refractivity contribution in [1.29, 1.82) is 0 Å². The summed E-state index contributed by atoms with van der Waals surface area (Å²) in [5.74, 6) is -1.57. The van der Waals surface area contributed by atoms with E-state index in [-0.39, 0.29) is 18.3 Å². The molecule has 4 nitrogen and oxygen atoms in total. The van der Waals surface area contributed by atoms with Crippen molar-refractivity contribution in [2.24, 2.45) is 5.92 Å². The first kappa shape index (κ1) is 20.3. The molecule has 0 saturated carbocycles. The highest BCUT2D eigenvalue weighted by Crippen LogP contribution is 2.41. The fourth-order valence-corrected chi connectivity index (χ4v) is 4.60. The lowest BCUT2D eigenvalue weighted by molar-refractivity contribution is -0.151. The number of carbonyl (C=O) groups excluding carboxylic acids is 2. The third-order valence-electron chi connectivity index (χ3n) is 5.29. The van der Waals surface area contributed by atoms with Gasteiger partial charge in [0.25, 0.3) is 0 Å². The zero-order valence-electron chi connectivity index (χ0n) is 16.7. The molecule has 1 aromatic heterocycles. The van der Waals surface area contributed by atoms with Crippen LogP contribution in [0.5, 0.6) is 0 Å². The third-order valence-corrected chi connectivity index (χ3v) is 6.24. The maximum atomic E-state index is 12.9. The maximum Gasteiger partial charge on any atom is 0.317 e. The smallest absolute Gasteiger partial charge is 0.317 e. The van der Waals surface area contributed by atoms with E-state index in [1.165, 1.54) is 0 Å². The lowest BCUT2D eigenvalue weighted by Crippen LogP contribution is -2.34. The fraction of sp³-hybridized carbons (Fsp3) is 0.391. The van der Waals surface area contributed by atoms with Crippen LogP contribution in [0.3, 0.4) is 0 Å². The number of allylic oxidation sites excluding steroid dienone is 2. The van der Waals surface area contributed by atoms with Gasteiger partial charge < -0.3 is 9.64 Å². The number of benzene rings is 1. The Labute approximate surface area is 170 Å². The summed E-state index contributed by atoms with van der Waals surface area (Å²) in [5, 5.41) is 2.01. The zero-order valence-corrected chi connectivity index (χ0v) is 17.5. The van der Waals surface area contributed by atoms with E-state index in [9.17, 15) is 9.59 Å². The van der Waals surface area contributed by atoms with Crippen molar-refractivity contribution in [2.75, 3.05) is 24.6 Å². The van der Waals surface area contributed by atoms with Crippen molar-refractivity contribution in [3.05, 3.63) is 58.3 Å². The highest BCUT2D eigenvalue weighted by Gasteiger charge is 2.39. The number of anilines is 1. The largest absolute Gasteiger partial charge is 0.465 e. The molecule has 0 bridgehead atoms. The van der Waals surface area contributed by atoms with Gasteiger partial charge >= 0.3 is 5.97 Å². The maximum absolute atomic E-state index is 12.9. The number of hydrogen-bond acceptors (Lipinski definition) is 5. The molecule has 2 atom stereocenters. The molecule has 0 fully saturated rings. The van der Waals surface area contributed by atoms with E-state index in [1.54, 1.807) is 24.3 Å². The number of ether oxygens (including phenoxy) is 1. The minimum atomic E-state index is -0.775. The van der Waals surface area contributed by atoms with Gasteiger partial charge in [-0.05, 0) is 68.0 Å². The molecule has 5 heteroatoms. The molecule has 2 unspecified atom stereocenters. The minimum Gasteiger partial charge on any atom is -0.465 e. The van der Waals surface area contributed by atoms with Gasteiger partial charge in [-0.2, -0.15) is 0 Å². The predicted octanol–water partition coefficient (Wildman–Crippen LogP) is 4.91. The summed E-state index contributed by atoms with van der Waals surface area (Å²) in [7, 11) is 0. The van der Waals surface area contributed by atoms with E-state index in [2.05, 4.69) is 43.0 Å². The Hall–Kier alpha value is -2.40. The summed E-state index contributed by atoms with van der Waals surface area (Å²) in [6.45, 7) is 8.19. The second-order valence-electron chi connectivity index (χ2n) is 6.85. The van der Waals surface area contributed by atoms with Crippen LogP contribution < -0.4 is 4.90 Å². The van der Waals surface area contributed by atoms with Crippen molar-refractivity contribution < 1.29 is 14.3 Å². The van der Waals surface area contributed by atoms with Gasteiger partial charge in [0.15, 0.2) is 5.78 Å². The molecule has 1 heterocycles. The molecule has 0 radical (unpaired) electrons. The van der Waals surface area contributed by atoms with Crippen LogP contribution in [-0.4, -0.2) is 31.4 Å². The fourth-order valence-electron chi connectivity index (χ4n) is 3.85. The quantitative estimate of drug-likeness (QED) is 0.492.